The molecule has 1 heterocycles. The Labute approximate surface area is 123 Å². The van der Waals surface area contributed by atoms with Crippen LogP contribution in [-0.2, 0) is 14.6 Å². The van der Waals surface area contributed by atoms with E-state index in [2.05, 4.69) is 9.78 Å². The smallest absolute Gasteiger partial charge is 0.299 e. The summed E-state index contributed by atoms with van der Waals surface area (Å²) in [5, 5.41) is 16.8. The molecule has 0 aliphatic carbocycles. The summed E-state index contributed by atoms with van der Waals surface area (Å²) >= 11 is 0. The summed E-state index contributed by atoms with van der Waals surface area (Å²) in [4.78, 5) is 55.0. The van der Waals surface area contributed by atoms with Crippen LogP contribution in [0.3, 0.4) is 0 Å². The first kappa shape index (κ1) is 15.6. The van der Waals surface area contributed by atoms with E-state index in [-0.39, 0.29) is 23.1 Å². The van der Waals surface area contributed by atoms with E-state index >= 15 is 0 Å². The van der Waals surface area contributed by atoms with Crippen molar-refractivity contribution in [1.29, 1.82) is 0 Å². The van der Waals surface area contributed by atoms with Crippen molar-refractivity contribution >= 4 is 23.8 Å². The van der Waals surface area contributed by atoms with Crippen LogP contribution in [0, 0.1) is 0 Å². The monoisotopic (exact) mass is 309 g/mol. The van der Waals surface area contributed by atoms with E-state index in [1.807, 2.05) is 0 Å². The Balaban J connectivity index is 2.44. The van der Waals surface area contributed by atoms with Crippen LogP contribution in [0.15, 0.2) is 18.2 Å². The third-order valence-corrected chi connectivity index (χ3v) is 3.30. The standard InChI is InChI=1S/C13H11NO8/c1-2-9(13(18)22-20)14-10(15)7-4-3-6(12(17)21-19)5-8(7)11(14)16/h3-5,9,19-20H,2H2,1H3. The largest absolute Gasteiger partial charge is 0.372 e. The minimum Gasteiger partial charge on any atom is -0.299 e. The Hall–Kier alpha value is -2.78. The second-order valence-electron chi connectivity index (χ2n) is 4.45. The molecule has 0 aromatic heterocycles. The van der Waals surface area contributed by atoms with E-state index in [0.717, 1.165) is 6.07 Å². The third-order valence-electron chi connectivity index (χ3n) is 3.30. The summed E-state index contributed by atoms with van der Waals surface area (Å²) in [5.74, 6) is -3.80. The summed E-state index contributed by atoms with van der Waals surface area (Å²) in [6.07, 6.45) is 0.0381. The van der Waals surface area contributed by atoms with Gasteiger partial charge in [-0.05, 0) is 24.6 Å². The second-order valence-corrected chi connectivity index (χ2v) is 4.45. The molecule has 2 N–H and O–H groups in total. The van der Waals surface area contributed by atoms with Crippen LogP contribution in [0.1, 0.15) is 44.4 Å². The molecule has 0 spiro atoms. The lowest BCUT2D eigenvalue weighted by Crippen LogP contribution is -2.45. The van der Waals surface area contributed by atoms with Crippen molar-refractivity contribution in [1.82, 2.24) is 4.90 Å². The molecule has 0 saturated heterocycles. The first-order valence-electron chi connectivity index (χ1n) is 6.19. The van der Waals surface area contributed by atoms with Crippen LogP contribution >= 0.6 is 0 Å². The molecule has 1 unspecified atom stereocenters. The molecule has 22 heavy (non-hydrogen) atoms. The predicted octanol–water partition coefficient (Wildman–Crippen LogP) is 0.707. The number of rotatable bonds is 4. The number of fused-ring (bicyclic) bond motifs is 1. The van der Waals surface area contributed by atoms with Gasteiger partial charge in [0.05, 0.1) is 16.7 Å². The normalized spacial score (nSPS) is 14.6. The van der Waals surface area contributed by atoms with Crippen molar-refractivity contribution in [3.05, 3.63) is 34.9 Å². The maximum Gasteiger partial charge on any atom is 0.372 e. The maximum atomic E-state index is 12.3. The van der Waals surface area contributed by atoms with Gasteiger partial charge in [0.2, 0.25) is 0 Å². The van der Waals surface area contributed by atoms with E-state index in [1.54, 1.807) is 0 Å². The zero-order valence-corrected chi connectivity index (χ0v) is 11.3. The van der Waals surface area contributed by atoms with E-state index < -0.39 is 29.8 Å². The van der Waals surface area contributed by atoms with E-state index in [9.17, 15) is 19.2 Å². The van der Waals surface area contributed by atoms with Crippen molar-refractivity contribution in [3.63, 3.8) is 0 Å². The van der Waals surface area contributed by atoms with Crippen LogP contribution < -0.4 is 0 Å². The summed E-state index contributed by atoms with van der Waals surface area (Å²) in [7, 11) is 0. The zero-order valence-electron chi connectivity index (χ0n) is 11.3. The highest BCUT2D eigenvalue weighted by atomic mass is 17.1. The highest BCUT2D eigenvalue weighted by Crippen LogP contribution is 2.27. The Morgan fingerprint density at radius 2 is 1.77 bits per heavy atom. The number of amides is 2. The van der Waals surface area contributed by atoms with Crippen LogP contribution in [0.25, 0.3) is 0 Å². The van der Waals surface area contributed by atoms with Crippen LogP contribution in [-0.4, -0.2) is 45.2 Å². The fourth-order valence-electron chi connectivity index (χ4n) is 2.24. The predicted molar refractivity (Wildman–Crippen MR) is 67.8 cm³/mol. The highest BCUT2D eigenvalue weighted by Gasteiger charge is 2.43. The fourth-order valence-corrected chi connectivity index (χ4v) is 2.24. The van der Waals surface area contributed by atoms with Gasteiger partial charge in [0.1, 0.15) is 6.04 Å². The first-order chi connectivity index (χ1) is 10.5. The van der Waals surface area contributed by atoms with Gasteiger partial charge in [-0.15, -0.1) is 0 Å². The second kappa shape index (κ2) is 5.92. The topological polar surface area (TPSA) is 130 Å². The number of nitrogens with zero attached hydrogens (tertiary/aromatic N) is 1. The molecule has 0 radical (unpaired) electrons. The van der Waals surface area contributed by atoms with Crippen molar-refractivity contribution in [2.24, 2.45) is 0 Å². The Morgan fingerprint density at radius 3 is 2.32 bits per heavy atom. The van der Waals surface area contributed by atoms with Gasteiger partial charge >= 0.3 is 11.9 Å². The number of imide groups is 1. The zero-order chi connectivity index (χ0) is 16.4. The quantitative estimate of drug-likeness (QED) is 0.472. The van der Waals surface area contributed by atoms with Gasteiger partial charge in [0.25, 0.3) is 11.8 Å². The number of hydrogen-bond acceptors (Lipinski definition) is 8. The van der Waals surface area contributed by atoms with E-state index in [0.29, 0.717) is 4.90 Å². The maximum absolute atomic E-state index is 12.3. The molecule has 1 aliphatic rings. The molecule has 116 valence electrons. The molecule has 9 nitrogen and oxygen atoms in total. The van der Waals surface area contributed by atoms with E-state index in [4.69, 9.17) is 10.5 Å². The van der Waals surface area contributed by atoms with Gasteiger partial charge in [-0.25, -0.2) is 9.59 Å². The lowest BCUT2D eigenvalue weighted by atomic mass is 10.1. The molecule has 1 aromatic carbocycles. The van der Waals surface area contributed by atoms with Crippen LogP contribution in [0.2, 0.25) is 0 Å². The minimum absolute atomic E-state index is 0.0105. The van der Waals surface area contributed by atoms with Gasteiger partial charge in [0.15, 0.2) is 0 Å². The van der Waals surface area contributed by atoms with E-state index in [1.165, 1.54) is 19.1 Å². The van der Waals surface area contributed by atoms with Gasteiger partial charge in [-0.1, -0.05) is 6.92 Å². The average molecular weight is 309 g/mol. The van der Waals surface area contributed by atoms with Crippen molar-refractivity contribution in [3.8, 4) is 0 Å². The fraction of sp³-hybridized carbons (Fsp3) is 0.231. The molecular weight excluding hydrogens is 298 g/mol. The Morgan fingerprint density at radius 1 is 1.14 bits per heavy atom. The Kier molecular flexibility index (Phi) is 4.20. The van der Waals surface area contributed by atoms with Crippen molar-refractivity contribution in [2.45, 2.75) is 19.4 Å². The van der Waals surface area contributed by atoms with Crippen molar-refractivity contribution < 1.29 is 39.5 Å². The molecule has 2 amide bonds. The number of benzene rings is 1. The molecule has 0 fully saturated rings. The van der Waals surface area contributed by atoms with Crippen molar-refractivity contribution in [2.75, 3.05) is 0 Å². The lowest BCUT2D eigenvalue weighted by Gasteiger charge is -2.21. The van der Waals surface area contributed by atoms with Crippen LogP contribution in [0.5, 0.6) is 0 Å². The number of hydrogen-bond donors (Lipinski definition) is 2. The first-order valence-corrected chi connectivity index (χ1v) is 6.19. The molecule has 0 bridgehead atoms. The lowest BCUT2D eigenvalue weighted by molar-refractivity contribution is -0.238. The van der Waals surface area contributed by atoms with Gasteiger partial charge in [0, 0.05) is 0 Å². The average Bonchev–Trinajstić information content (AvgIpc) is 2.79. The molecule has 2 rings (SSSR count). The molecule has 9 heteroatoms. The highest BCUT2D eigenvalue weighted by molar-refractivity contribution is 6.23. The summed E-state index contributed by atoms with van der Waals surface area (Å²) in [5.41, 5.74) is -0.261. The molecule has 1 atom stereocenters. The Bertz CT molecular complexity index is 668. The van der Waals surface area contributed by atoms with Crippen LogP contribution in [0.4, 0.5) is 0 Å². The third kappa shape index (κ3) is 2.32. The molecule has 1 aromatic rings. The minimum atomic E-state index is -1.29. The summed E-state index contributed by atoms with van der Waals surface area (Å²) in [6.45, 7) is 1.53. The number of carbonyl (C=O) groups excluding carboxylic acids is 4. The molecule has 1 aliphatic heterocycles. The summed E-state index contributed by atoms with van der Waals surface area (Å²) in [6, 6.07) is 2.19. The van der Waals surface area contributed by atoms with Gasteiger partial charge < -0.3 is 0 Å². The molecule has 0 saturated carbocycles. The van der Waals surface area contributed by atoms with Gasteiger partial charge in [-0.2, -0.15) is 10.5 Å². The molecular formula is C13H11NO8. The number of carbonyl (C=O) groups is 4. The summed E-state index contributed by atoms with van der Waals surface area (Å²) < 4.78 is 0. The van der Waals surface area contributed by atoms with Gasteiger partial charge in [-0.3, -0.25) is 24.3 Å². The SMILES string of the molecule is CCC(C(=O)OO)N1C(=O)c2ccc(C(=O)OO)cc2C1=O.